The van der Waals surface area contributed by atoms with Crippen LogP contribution in [0.15, 0.2) is 23.5 Å². The summed E-state index contributed by atoms with van der Waals surface area (Å²) in [6.07, 6.45) is 30.4. The van der Waals surface area contributed by atoms with Gasteiger partial charge in [-0.25, -0.2) is 4.79 Å². The molecular weight excluding hydrogens is 753 g/mol. The van der Waals surface area contributed by atoms with Gasteiger partial charge < -0.3 is 53.2 Å². The number of carbonyl (C=O) groups excluding carboxylic acids is 1. The highest BCUT2D eigenvalue weighted by atomic mass is 16.2. The molecule has 14 N–H and O–H groups in total. The average molecular weight is 845 g/mol. The molecule has 0 bridgehead atoms. The summed E-state index contributed by atoms with van der Waals surface area (Å²) < 4.78 is 0. The van der Waals surface area contributed by atoms with Crippen molar-refractivity contribution in [1.29, 1.82) is 21.6 Å². The van der Waals surface area contributed by atoms with Gasteiger partial charge >= 0.3 is 6.03 Å². The molecule has 0 aromatic carbocycles. The number of allylic oxidation sites excluding steroid dienone is 4. The molecule has 2 amide bonds. The van der Waals surface area contributed by atoms with Crippen LogP contribution in [0.1, 0.15) is 182 Å². The molecule has 0 unspecified atom stereocenters. The summed E-state index contributed by atoms with van der Waals surface area (Å²) in [5, 5.41) is 48.8. The lowest BCUT2D eigenvalue weighted by molar-refractivity contribution is 0.148. The number of urea groups is 1. The zero-order valence-electron chi connectivity index (χ0n) is 38.7. The third-order valence-electron chi connectivity index (χ3n) is 10.7. The average Bonchev–Trinajstić information content (AvgIpc) is 3.21. The normalized spacial score (nSPS) is 11.5. The Bertz CT molecular complexity index is 1100. The highest BCUT2D eigenvalue weighted by Crippen LogP contribution is 2.14. The molecule has 0 aliphatic heterocycles. The highest BCUT2D eigenvalue weighted by molar-refractivity contribution is 5.78. The molecule has 60 heavy (non-hydrogen) atoms. The van der Waals surface area contributed by atoms with E-state index in [0.29, 0.717) is 11.9 Å². The molecule has 0 aliphatic carbocycles. The van der Waals surface area contributed by atoms with Crippen molar-refractivity contribution in [3.8, 4) is 0 Å². The maximum atomic E-state index is 14.3. The van der Waals surface area contributed by atoms with E-state index in [1.54, 1.807) is 0 Å². The van der Waals surface area contributed by atoms with Crippen LogP contribution < -0.4 is 43.4 Å². The third kappa shape index (κ3) is 36.9. The zero-order valence-corrected chi connectivity index (χ0v) is 38.7. The second-order valence-electron chi connectivity index (χ2n) is 16.2. The van der Waals surface area contributed by atoms with E-state index in [0.717, 1.165) is 205 Å². The predicted molar refractivity (Wildman–Crippen MR) is 256 cm³/mol. The monoisotopic (exact) mass is 845 g/mol. The number of rotatable bonds is 38. The fraction of sp³-hybridized carbons (Fsp3) is 0.800. The molecule has 0 atom stereocenters. The summed E-state index contributed by atoms with van der Waals surface area (Å²) in [7, 11) is 0. The molecule has 0 spiro atoms. The minimum absolute atomic E-state index is 0.0361. The largest absolute Gasteiger partial charge is 0.370 e. The van der Waals surface area contributed by atoms with Gasteiger partial charge in [-0.05, 0) is 79.1 Å². The smallest absolute Gasteiger partial charge is 0.319 e. The first kappa shape index (κ1) is 55.8. The molecule has 15 nitrogen and oxygen atoms in total. The van der Waals surface area contributed by atoms with Gasteiger partial charge in [0.05, 0.1) is 0 Å². The summed E-state index contributed by atoms with van der Waals surface area (Å²) >= 11 is 0. The van der Waals surface area contributed by atoms with Crippen LogP contribution in [0.5, 0.6) is 0 Å². The summed E-state index contributed by atoms with van der Waals surface area (Å²) in [5.41, 5.74) is 12.7. The first-order valence-corrected chi connectivity index (χ1v) is 23.6. The van der Waals surface area contributed by atoms with Crippen molar-refractivity contribution in [2.75, 3.05) is 52.4 Å². The molecular formula is C45H92N14O. The fourth-order valence-electron chi connectivity index (χ4n) is 6.85. The van der Waals surface area contributed by atoms with Crippen LogP contribution in [0.2, 0.25) is 0 Å². The SMILES string of the molecule is CC=C(C)NC(=N)NCCCCCCCCN(CCCCCCCCNC(=N)N)C(=O)N(CCCCCCCCNC(=N)N)CCCCCCCCNC(=N)NC(C)=CC. The molecule has 0 saturated heterocycles. The second kappa shape index (κ2) is 40.2. The Morgan fingerprint density at radius 1 is 0.417 bits per heavy atom. The van der Waals surface area contributed by atoms with Crippen molar-refractivity contribution in [1.82, 2.24) is 41.7 Å². The molecule has 0 aromatic rings. The summed E-state index contributed by atoms with van der Waals surface area (Å²) in [6.45, 7) is 14.2. The van der Waals surface area contributed by atoms with Crippen LogP contribution in [0.25, 0.3) is 0 Å². The molecule has 0 saturated carbocycles. The van der Waals surface area contributed by atoms with E-state index in [-0.39, 0.29) is 18.0 Å². The van der Waals surface area contributed by atoms with E-state index in [1.807, 2.05) is 39.8 Å². The standard InChI is InChI=1S/C45H92N14O/c1-5-39(3)56-43(50)54-33-25-17-9-13-21-29-37-58(35-27-19-11-7-15-23-31-52-41(46)47)45(60)59(36-28-20-12-8-16-24-32-53-42(48)49)38-30-22-14-10-18-26-34-55-44(51)57-40(4)6-2/h5-6H,7-38H2,1-4H3,(H4,46,47,52)(H4,48,49,53)(H3,50,54,56)(H3,51,55,57). The lowest BCUT2D eigenvalue weighted by Gasteiger charge is -2.31. The molecule has 15 heteroatoms. The number of amides is 2. The van der Waals surface area contributed by atoms with Gasteiger partial charge in [0.2, 0.25) is 0 Å². The molecule has 0 fully saturated rings. The number of nitrogens with zero attached hydrogens (tertiary/aromatic N) is 2. The Hall–Kier alpha value is -4.17. The summed E-state index contributed by atoms with van der Waals surface area (Å²) in [6, 6.07) is 0.214. The number of unbranched alkanes of at least 4 members (excludes halogenated alkanes) is 20. The van der Waals surface area contributed by atoms with Gasteiger partial charge in [-0.15, -0.1) is 0 Å². The number of guanidine groups is 4. The Morgan fingerprint density at radius 3 is 0.900 bits per heavy atom. The van der Waals surface area contributed by atoms with Crippen molar-refractivity contribution in [2.45, 2.75) is 182 Å². The van der Waals surface area contributed by atoms with Crippen molar-refractivity contribution in [3.05, 3.63) is 23.5 Å². The maximum Gasteiger partial charge on any atom is 0.319 e. The van der Waals surface area contributed by atoms with Crippen molar-refractivity contribution in [3.63, 3.8) is 0 Å². The van der Waals surface area contributed by atoms with Crippen LogP contribution in [0.4, 0.5) is 4.79 Å². The Kier molecular flexibility index (Phi) is 37.4. The molecule has 0 aromatic heterocycles. The number of hydrogen-bond donors (Lipinski definition) is 12. The van der Waals surface area contributed by atoms with Crippen LogP contribution in [0.3, 0.4) is 0 Å². The Labute approximate surface area is 366 Å². The second-order valence-corrected chi connectivity index (χ2v) is 16.2. The van der Waals surface area contributed by atoms with Gasteiger partial charge in [0.25, 0.3) is 0 Å². The minimum atomic E-state index is 0.0361. The first-order chi connectivity index (χ1) is 29.0. The number of carbonyl (C=O) groups is 1. The summed E-state index contributed by atoms with van der Waals surface area (Å²) in [5.74, 6) is 0.782. The molecule has 0 heterocycles. The van der Waals surface area contributed by atoms with Crippen molar-refractivity contribution < 1.29 is 4.79 Å². The van der Waals surface area contributed by atoms with E-state index in [2.05, 4.69) is 41.7 Å². The minimum Gasteiger partial charge on any atom is -0.370 e. The van der Waals surface area contributed by atoms with E-state index in [1.165, 1.54) is 12.8 Å². The van der Waals surface area contributed by atoms with E-state index in [9.17, 15) is 4.79 Å². The van der Waals surface area contributed by atoms with Crippen LogP contribution in [-0.2, 0) is 0 Å². The molecule has 0 aliphatic rings. The van der Waals surface area contributed by atoms with Crippen molar-refractivity contribution >= 4 is 29.9 Å². The van der Waals surface area contributed by atoms with Crippen LogP contribution in [0, 0.1) is 21.6 Å². The predicted octanol–water partition coefficient (Wildman–Crippen LogP) is 8.11. The van der Waals surface area contributed by atoms with Gasteiger partial charge in [0.15, 0.2) is 23.8 Å². The quantitative estimate of drug-likeness (QED) is 0.0163. The fourth-order valence-corrected chi connectivity index (χ4v) is 6.85. The topological polar surface area (TPSA) is 243 Å². The van der Waals surface area contributed by atoms with Crippen LogP contribution >= 0.6 is 0 Å². The number of nitrogens with two attached hydrogens (primary N) is 2. The Morgan fingerprint density at radius 2 is 0.650 bits per heavy atom. The van der Waals surface area contributed by atoms with E-state index in [4.69, 9.17) is 33.1 Å². The number of nitrogens with one attached hydrogen (secondary N) is 10. The molecule has 348 valence electrons. The van der Waals surface area contributed by atoms with Crippen LogP contribution in [-0.4, -0.2) is 92.0 Å². The maximum absolute atomic E-state index is 14.3. The van der Waals surface area contributed by atoms with Gasteiger partial charge in [0, 0.05) is 63.8 Å². The van der Waals surface area contributed by atoms with E-state index >= 15 is 0 Å². The molecule has 0 rings (SSSR count). The first-order valence-electron chi connectivity index (χ1n) is 23.6. The summed E-state index contributed by atoms with van der Waals surface area (Å²) in [4.78, 5) is 18.6. The lowest BCUT2D eigenvalue weighted by atomic mass is 10.1. The van der Waals surface area contributed by atoms with Gasteiger partial charge in [-0.3, -0.25) is 21.6 Å². The van der Waals surface area contributed by atoms with E-state index < -0.39 is 0 Å². The van der Waals surface area contributed by atoms with Gasteiger partial charge in [-0.2, -0.15) is 0 Å². The zero-order chi connectivity index (χ0) is 44.5. The molecule has 0 radical (unpaired) electrons. The lowest BCUT2D eigenvalue weighted by Crippen LogP contribution is -2.45. The van der Waals surface area contributed by atoms with Crippen molar-refractivity contribution in [2.24, 2.45) is 11.5 Å². The Balaban J connectivity index is 5.11. The highest BCUT2D eigenvalue weighted by Gasteiger charge is 2.20. The van der Waals surface area contributed by atoms with Gasteiger partial charge in [-0.1, -0.05) is 115 Å². The van der Waals surface area contributed by atoms with Gasteiger partial charge in [0.1, 0.15) is 0 Å². The number of hydrogen-bond acceptors (Lipinski definition) is 5. The third-order valence-corrected chi connectivity index (χ3v) is 10.7.